The molecule has 1 atom stereocenters. The molecule has 0 saturated carbocycles. The molecule has 3 aromatic rings. The quantitative estimate of drug-likeness (QED) is 0.638. The predicted molar refractivity (Wildman–Crippen MR) is 110 cm³/mol. The molecule has 0 radical (unpaired) electrons. The van der Waals surface area contributed by atoms with Crippen LogP contribution in [0.15, 0.2) is 52.1 Å². The van der Waals surface area contributed by atoms with E-state index in [0.717, 1.165) is 11.3 Å². The summed E-state index contributed by atoms with van der Waals surface area (Å²) in [5.41, 5.74) is 2.25. The molecule has 0 aliphatic carbocycles. The Morgan fingerprint density at radius 2 is 1.96 bits per heavy atom. The highest BCUT2D eigenvalue weighted by atomic mass is 32.2. The number of carbonyl (C=O) groups is 1. The highest BCUT2D eigenvalue weighted by Crippen LogP contribution is 2.40. The summed E-state index contributed by atoms with van der Waals surface area (Å²) in [5.74, 6) is -0.129. The molecule has 140 valence electrons. The van der Waals surface area contributed by atoms with E-state index in [-0.39, 0.29) is 16.8 Å². The molecule has 4 nitrogen and oxygen atoms in total. The van der Waals surface area contributed by atoms with Crippen LogP contribution in [0.1, 0.15) is 37.3 Å². The van der Waals surface area contributed by atoms with Gasteiger partial charge < -0.3 is 4.90 Å². The van der Waals surface area contributed by atoms with Crippen LogP contribution in [0, 0.1) is 6.92 Å². The highest BCUT2D eigenvalue weighted by molar-refractivity contribution is 7.90. The van der Waals surface area contributed by atoms with Crippen molar-refractivity contribution in [2.24, 2.45) is 0 Å². The summed E-state index contributed by atoms with van der Waals surface area (Å²) in [6.07, 6.45) is 2.00. The third-order valence-corrected chi connectivity index (χ3v) is 8.03. The molecule has 4 rings (SSSR count). The normalized spacial score (nSPS) is 17.0. The van der Waals surface area contributed by atoms with Crippen molar-refractivity contribution in [1.82, 2.24) is 4.90 Å². The zero-order valence-electron chi connectivity index (χ0n) is 15.0. The van der Waals surface area contributed by atoms with Crippen molar-refractivity contribution >= 4 is 38.4 Å². The molecule has 0 N–H and O–H groups in total. The van der Waals surface area contributed by atoms with Crippen molar-refractivity contribution in [2.75, 3.05) is 12.8 Å². The standard InChI is InChI=1S/C20H19NO3S3/c1-13-5-6-14(12-18(13)27(2,23)24)20(22)21-9-7-16-15(8-11-26-16)19(21)17-4-3-10-25-17/h3-6,8,10-12,19H,7,9H2,1-2H3. The lowest BCUT2D eigenvalue weighted by atomic mass is 9.97. The molecular weight excluding hydrogens is 398 g/mol. The fourth-order valence-electron chi connectivity index (χ4n) is 3.59. The molecule has 0 fully saturated rings. The zero-order chi connectivity index (χ0) is 19.2. The summed E-state index contributed by atoms with van der Waals surface area (Å²) in [6, 6.07) is 11.0. The first-order valence-corrected chi connectivity index (χ1v) is 12.2. The number of sulfone groups is 1. The number of nitrogens with zero attached hydrogens (tertiary/aromatic N) is 1. The Morgan fingerprint density at radius 3 is 2.67 bits per heavy atom. The van der Waals surface area contributed by atoms with Gasteiger partial charge in [-0.15, -0.1) is 22.7 Å². The maximum Gasteiger partial charge on any atom is 0.254 e. The van der Waals surface area contributed by atoms with Gasteiger partial charge >= 0.3 is 0 Å². The van der Waals surface area contributed by atoms with Crippen LogP contribution in [0.4, 0.5) is 0 Å². The number of thiophene rings is 2. The topological polar surface area (TPSA) is 54.5 Å². The van der Waals surface area contributed by atoms with Crippen LogP contribution in [0.5, 0.6) is 0 Å². The van der Waals surface area contributed by atoms with Crippen LogP contribution in [-0.4, -0.2) is 32.0 Å². The smallest absolute Gasteiger partial charge is 0.254 e. The van der Waals surface area contributed by atoms with E-state index in [1.54, 1.807) is 41.7 Å². The van der Waals surface area contributed by atoms with Gasteiger partial charge in [0, 0.05) is 28.1 Å². The molecule has 1 unspecified atom stereocenters. The van der Waals surface area contributed by atoms with Gasteiger partial charge in [0.25, 0.3) is 5.91 Å². The number of benzene rings is 1. The minimum absolute atomic E-state index is 0.115. The molecule has 1 aliphatic heterocycles. The van der Waals surface area contributed by atoms with E-state index in [2.05, 4.69) is 17.5 Å². The first-order chi connectivity index (χ1) is 12.9. The van der Waals surface area contributed by atoms with E-state index < -0.39 is 9.84 Å². The second-order valence-electron chi connectivity index (χ2n) is 6.72. The number of hydrogen-bond acceptors (Lipinski definition) is 5. The monoisotopic (exact) mass is 417 g/mol. The maximum atomic E-state index is 13.4. The third kappa shape index (κ3) is 3.35. The molecule has 7 heteroatoms. The molecule has 1 amide bonds. The van der Waals surface area contributed by atoms with E-state index in [0.29, 0.717) is 17.7 Å². The van der Waals surface area contributed by atoms with E-state index >= 15 is 0 Å². The summed E-state index contributed by atoms with van der Waals surface area (Å²) in [6.45, 7) is 2.37. The van der Waals surface area contributed by atoms with Crippen molar-refractivity contribution < 1.29 is 13.2 Å². The van der Waals surface area contributed by atoms with Gasteiger partial charge in [-0.3, -0.25) is 4.79 Å². The average Bonchev–Trinajstić information content (AvgIpc) is 3.31. The minimum Gasteiger partial charge on any atom is -0.326 e. The molecule has 2 aromatic heterocycles. The average molecular weight is 418 g/mol. The molecule has 0 saturated heterocycles. The van der Waals surface area contributed by atoms with Gasteiger partial charge in [-0.1, -0.05) is 12.1 Å². The van der Waals surface area contributed by atoms with Gasteiger partial charge in [-0.05, 0) is 59.5 Å². The summed E-state index contributed by atoms with van der Waals surface area (Å²) in [5, 5.41) is 4.10. The second-order valence-corrected chi connectivity index (χ2v) is 10.7. The Labute approximate surface area is 167 Å². The fraction of sp³-hybridized carbons (Fsp3) is 0.250. The van der Waals surface area contributed by atoms with Crippen molar-refractivity contribution in [1.29, 1.82) is 0 Å². The zero-order valence-corrected chi connectivity index (χ0v) is 17.5. The van der Waals surface area contributed by atoms with Gasteiger partial charge in [-0.25, -0.2) is 8.42 Å². The number of aryl methyl sites for hydroxylation is 1. The SMILES string of the molecule is Cc1ccc(C(=O)N2CCc3sccc3C2c2cccs2)cc1S(C)(=O)=O. The van der Waals surface area contributed by atoms with Gasteiger partial charge in [0.2, 0.25) is 0 Å². The first kappa shape index (κ1) is 18.4. The Kier molecular flexibility index (Phi) is 4.70. The lowest BCUT2D eigenvalue weighted by Gasteiger charge is -2.35. The summed E-state index contributed by atoms with van der Waals surface area (Å²) >= 11 is 3.37. The van der Waals surface area contributed by atoms with Gasteiger partial charge in [0.1, 0.15) is 0 Å². The van der Waals surface area contributed by atoms with Crippen LogP contribution in [0.3, 0.4) is 0 Å². The van der Waals surface area contributed by atoms with E-state index in [1.165, 1.54) is 22.8 Å². The van der Waals surface area contributed by atoms with Gasteiger partial charge in [0.05, 0.1) is 10.9 Å². The van der Waals surface area contributed by atoms with Crippen LogP contribution < -0.4 is 0 Å². The third-order valence-electron chi connectivity index (χ3n) is 4.87. The van der Waals surface area contributed by atoms with Crippen molar-refractivity contribution in [2.45, 2.75) is 24.3 Å². The summed E-state index contributed by atoms with van der Waals surface area (Å²) in [4.78, 5) is 17.9. The van der Waals surface area contributed by atoms with Crippen LogP contribution in [0.2, 0.25) is 0 Å². The molecule has 1 aromatic carbocycles. The molecule has 0 spiro atoms. The van der Waals surface area contributed by atoms with Crippen molar-refractivity contribution in [3.05, 3.63) is 73.6 Å². The van der Waals surface area contributed by atoms with Gasteiger partial charge in [-0.2, -0.15) is 0 Å². The highest BCUT2D eigenvalue weighted by Gasteiger charge is 2.34. The molecular formula is C20H19NO3S3. The Hall–Kier alpha value is -1.96. The number of fused-ring (bicyclic) bond motifs is 1. The number of carbonyl (C=O) groups excluding carboxylic acids is 1. The molecule has 0 bridgehead atoms. The van der Waals surface area contributed by atoms with E-state index in [9.17, 15) is 13.2 Å². The Morgan fingerprint density at radius 1 is 1.15 bits per heavy atom. The molecule has 27 heavy (non-hydrogen) atoms. The lowest BCUT2D eigenvalue weighted by molar-refractivity contribution is 0.0698. The molecule has 1 aliphatic rings. The van der Waals surface area contributed by atoms with Crippen LogP contribution in [-0.2, 0) is 16.3 Å². The lowest BCUT2D eigenvalue weighted by Crippen LogP contribution is -2.39. The first-order valence-electron chi connectivity index (χ1n) is 8.57. The molecule has 3 heterocycles. The largest absolute Gasteiger partial charge is 0.326 e. The summed E-state index contributed by atoms with van der Waals surface area (Å²) < 4.78 is 24.1. The van der Waals surface area contributed by atoms with Crippen LogP contribution >= 0.6 is 22.7 Å². The Balaban J connectivity index is 1.77. The van der Waals surface area contributed by atoms with E-state index in [1.807, 2.05) is 16.3 Å². The Bertz CT molecular complexity index is 1100. The number of amides is 1. The minimum atomic E-state index is -3.38. The van der Waals surface area contributed by atoms with Crippen molar-refractivity contribution in [3.8, 4) is 0 Å². The van der Waals surface area contributed by atoms with E-state index in [4.69, 9.17) is 0 Å². The van der Waals surface area contributed by atoms with Gasteiger partial charge in [0.15, 0.2) is 9.84 Å². The van der Waals surface area contributed by atoms with Crippen LogP contribution in [0.25, 0.3) is 0 Å². The second kappa shape index (κ2) is 6.89. The van der Waals surface area contributed by atoms with Crippen molar-refractivity contribution in [3.63, 3.8) is 0 Å². The predicted octanol–water partition coefficient (Wildman–Crippen LogP) is 4.31. The number of hydrogen-bond donors (Lipinski definition) is 0. The summed E-state index contributed by atoms with van der Waals surface area (Å²) in [7, 11) is -3.38. The maximum absolute atomic E-state index is 13.4. The number of rotatable bonds is 3. The fourth-order valence-corrected chi connectivity index (χ4v) is 6.34.